The molecule has 0 aromatic rings. The normalized spacial score (nSPS) is 13.8. The molecule has 0 saturated heterocycles. The maximum atomic E-state index is 11.0. The second-order valence-corrected chi connectivity index (χ2v) is 3.27. The van der Waals surface area contributed by atoms with Crippen LogP contribution in [0.3, 0.4) is 0 Å². The zero-order chi connectivity index (χ0) is 9.07. The summed E-state index contributed by atoms with van der Waals surface area (Å²) in [6.07, 6.45) is 1.77. The lowest BCUT2D eigenvalue weighted by Gasteiger charge is -2.25. The Kier molecular flexibility index (Phi) is 3.30. The van der Waals surface area contributed by atoms with E-state index in [1.54, 1.807) is 6.08 Å². The Hall–Kier alpha value is -0.790. The van der Waals surface area contributed by atoms with E-state index in [4.69, 9.17) is 0 Å². The minimum absolute atomic E-state index is 0.134. The quantitative estimate of drug-likeness (QED) is 0.461. The summed E-state index contributed by atoms with van der Waals surface area (Å²) in [5.41, 5.74) is -0.187. The van der Waals surface area contributed by atoms with E-state index in [1.807, 2.05) is 20.8 Å². The van der Waals surface area contributed by atoms with Gasteiger partial charge in [0, 0.05) is 0 Å². The van der Waals surface area contributed by atoms with Gasteiger partial charge in [-0.3, -0.25) is 4.79 Å². The van der Waals surface area contributed by atoms with E-state index in [9.17, 15) is 4.79 Å². The van der Waals surface area contributed by atoms with Crippen LogP contribution in [-0.4, -0.2) is 13.1 Å². The predicted octanol–water partition coefficient (Wildman–Crippen LogP) is 2.01. The standard InChI is InChI=1S/C9H16O2/c1-6-9(3,4)7(2)8(10)11-5/h6-7H,1H2,2-5H3. The average Bonchev–Trinajstić information content (AvgIpc) is 2.01. The van der Waals surface area contributed by atoms with Crippen LogP contribution in [0.5, 0.6) is 0 Å². The fraction of sp³-hybridized carbons (Fsp3) is 0.667. The molecular weight excluding hydrogens is 140 g/mol. The first-order chi connectivity index (χ1) is 4.95. The van der Waals surface area contributed by atoms with Crippen molar-refractivity contribution in [2.45, 2.75) is 20.8 Å². The smallest absolute Gasteiger partial charge is 0.309 e. The lowest BCUT2D eigenvalue weighted by molar-refractivity contribution is -0.147. The third-order valence-corrected chi connectivity index (χ3v) is 2.20. The molecule has 0 aromatic heterocycles. The van der Waals surface area contributed by atoms with Gasteiger partial charge in [-0.05, 0) is 5.41 Å². The molecule has 2 nitrogen and oxygen atoms in total. The fourth-order valence-electron chi connectivity index (χ4n) is 0.657. The molecular formula is C9H16O2. The van der Waals surface area contributed by atoms with Gasteiger partial charge in [-0.25, -0.2) is 0 Å². The van der Waals surface area contributed by atoms with E-state index < -0.39 is 0 Å². The van der Waals surface area contributed by atoms with Gasteiger partial charge in [0.25, 0.3) is 0 Å². The van der Waals surface area contributed by atoms with Crippen molar-refractivity contribution in [3.05, 3.63) is 12.7 Å². The van der Waals surface area contributed by atoms with Crippen LogP contribution in [0, 0.1) is 11.3 Å². The number of hydrogen-bond donors (Lipinski definition) is 0. The molecule has 1 atom stereocenters. The molecule has 11 heavy (non-hydrogen) atoms. The van der Waals surface area contributed by atoms with Crippen LogP contribution in [0.4, 0.5) is 0 Å². The second kappa shape index (κ2) is 3.56. The van der Waals surface area contributed by atoms with Crippen LogP contribution in [0.1, 0.15) is 20.8 Å². The molecule has 0 fully saturated rings. The summed E-state index contributed by atoms with van der Waals surface area (Å²) in [6, 6.07) is 0. The Morgan fingerprint density at radius 3 is 2.36 bits per heavy atom. The minimum atomic E-state index is -0.187. The number of methoxy groups -OCH3 is 1. The molecule has 0 aliphatic carbocycles. The number of allylic oxidation sites excluding steroid dienone is 1. The van der Waals surface area contributed by atoms with Gasteiger partial charge < -0.3 is 4.74 Å². The molecule has 0 aliphatic rings. The molecule has 1 unspecified atom stereocenters. The fourth-order valence-corrected chi connectivity index (χ4v) is 0.657. The molecule has 0 heterocycles. The second-order valence-electron chi connectivity index (χ2n) is 3.27. The zero-order valence-corrected chi connectivity index (χ0v) is 7.68. The SMILES string of the molecule is C=CC(C)(C)C(C)C(=O)OC. The van der Waals surface area contributed by atoms with Gasteiger partial charge in [0.2, 0.25) is 0 Å². The predicted molar refractivity (Wildman–Crippen MR) is 45.2 cm³/mol. The first-order valence-corrected chi connectivity index (χ1v) is 3.67. The maximum Gasteiger partial charge on any atom is 0.309 e. The van der Waals surface area contributed by atoms with Crippen LogP contribution >= 0.6 is 0 Å². The van der Waals surface area contributed by atoms with Crippen molar-refractivity contribution in [1.82, 2.24) is 0 Å². The number of carbonyl (C=O) groups excluding carboxylic acids is 1. The molecule has 0 N–H and O–H groups in total. The highest BCUT2D eigenvalue weighted by Crippen LogP contribution is 2.28. The van der Waals surface area contributed by atoms with E-state index in [0.29, 0.717) is 0 Å². The molecule has 0 radical (unpaired) electrons. The number of ether oxygens (including phenoxy) is 1. The molecule has 0 spiro atoms. The number of esters is 1. The van der Waals surface area contributed by atoms with Crippen molar-refractivity contribution < 1.29 is 9.53 Å². The Balaban J connectivity index is 4.34. The van der Waals surface area contributed by atoms with Gasteiger partial charge in [0.05, 0.1) is 13.0 Å². The average molecular weight is 156 g/mol. The molecule has 0 bridgehead atoms. The van der Waals surface area contributed by atoms with E-state index in [-0.39, 0.29) is 17.3 Å². The van der Waals surface area contributed by atoms with Crippen molar-refractivity contribution in [3.63, 3.8) is 0 Å². The number of hydrogen-bond acceptors (Lipinski definition) is 2. The Bertz CT molecular complexity index is 159. The van der Waals surface area contributed by atoms with E-state index in [0.717, 1.165) is 0 Å². The van der Waals surface area contributed by atoms with Gasteiger partial charge in [0.1, 0.15) is 0 Å². The van der Waals surface area contributed by atoms with Crippen LogP contribution in [0.2, 0.25) is 0 Å². The molecule has 0 amide bonds. The van der Waals surface area contributed by atoms with Gasteiger partial charge in [-0.2, -0.15) is 0 Å². The topological polar surface area (TPSA) is 26.3 Å². The summed E-state index contributed by atoms with van der Waals surface area (Å²) < 4.78 is 4.61. The van der Waals surface area contributed by atoms with Crippen molar-refractivity contribution in [2.75, 3.05) is 7.11 Å². The first kappa shape index (κ1) is 10.2. The third kappa shape index (κ3) is 2.37. The van der Waals surface area contributed by atoms with Gasteiger partial charge in [-0.1, -0.05) is 26.8 Å². The number of carbonyl (C=O) groups is 1. The van der Waals surface area contributed by atoms with Gasteiger partial charge in [-0.15, -0.1) is 6.58 Å². The van der Waals surface area contributed by atoms with Crippen molar-refractivity contribution >= 4 is 5.97 Å². The van der Waals surface area contributed by atoms with Gasteiger partial charge in [0.15, 0.2) is 0 Å². The highest BCUT2D eigenvalue weighted by atomic mass is 16.5. The van der Waals surface area contributed by atoms with Crippen molar-refractivity contribution in [2.24, 2.45) is 11.3 Å². The molecule has 0 aliphatic heterocycles. The Morgan fingerprint density at radius 2 is 2.09 bits per heavy atom. The van der Waals surface area contributed by atoms with Crippen molar-refractivity contribution in [1.29, 1.82) is 0 Å². The molecule has 0 saturated carbocycles. The van der Waals surface area contributed by atoms with E-state index in [2.05, 4.69) is 11.3 Å². The lowest BCUT2D eigenvalue weighted by Crippen LogP contribution is -2.27. The molecule has 64 valence electrons. The van der Waals surface area contributed by atoms with Crippen molar-refractivity contribution in [3.8, 4) is 0 Å². The maximum absolute atomic E-state index is 11.0. The summed E-state index contributed by atoms with van der Waals surface area (Å²) in [7, 11) is 1.40. The monoisotopic (exact) mass is 156 g/mol. The largest absolute Gasteiger partial charge is 0.469 e. The summed E-state index contributed by atoms with van der Waals surface area (Å²) in [5, 5.41) is 0. The van der Waals surface area contributed by atoms with Gasteiger partial charge >= 0.3 is 5.97 Å². The van der Waals surface area contributed by atoms with Crippen LogP contribution in [0.25, 0.3) is 0 Å². The highest BCUT2D eigenvalue weighted by molar-refractivity contribution is 5.73. The Labute approximate surface area is 68.2 Å². The Morgan fingerprint density at radius 1 is 1.64 bits per heavy atom. The first-order valence-electron chi connectivity index (χ1n) is 3.67. The number of rotatable bonds is 3. The molecule has 0 rings (SSSR count). The summed E-state index contributed by atoms with van der Waals surface area (Å²) in [6.45, 7) is 9.42. The lowest BCUT2D eigenvalue weighted by atomic mass is 9.80. The highest BCUT2D eigenvalue weighted by Gasteiger charge is 2.28. The third-order valence-electron chi connectivity index (χ3n) is 2.20. The molecule has 2 heteroatoms. The van der Waals surface area contributed by atoms with Crippen LogP contribution < -0.4 is 0 Å². The van der Waals surface area contributed by atoms with Crippen LogP contribution in [-0.2, 0) is 9.53 Å². The van der Waals surface area contributed by atoms with E-state index in [1.165, 1.54) is 7.11 Å². The van der Waals surface area contributed by atoms with E-state index >= 15 is 0 Å². The summed E-state index contributed by atoms with van der Waals surface area (Å²) >= 11 is 0. The summed E-state index contributed by atoms with van der Waals surface area (Å²) in [4.78, 5) is 11.0. The minimum Gasteiger partial charge on any atom is -0.469 e. The summed E-state index contributed by atoms with van der Waals surface area (Å²) in [5.74, 6) is -0.320. The zero-order valence-electron chi connectivity index (χ0n) is 7.68. The molecule has 0 aromatic carbocycles. The van der Waals surface area contributed by atoms with Crippen LogP contribution in [0.15, 0.2) is 12.7 Å².